The molecule has 0 radical (unpaired) electrons. The van der Waals surface area contributed by atoms with Crippen molar-refractivity contribution in [3.8, 4) is 0 Å². The van der Waals surface area contributed by atoms with E-state index in [9.17, 15) is 38.4 Å². The summed E-state index contributed by atoms with van der Waals surface area (Å²) in [5, 5.41) is 18.8. The summed E-state index contributed by atoms with van der Waals surface area (Å²) in [6.07, 6.45) is 0.957. The van der Waals surface area contributed by atoms with Gasteiger partial charge in [-0.2, -0.15) is 0 Å². The summed E-state index contributed by atoms with van der Waals surface area (Å²) in [6.45, 7) is 6.01. The second-order valence-corrected chi connectivity index (χ2v) is 15.9. The molecule has 7 atom stereocenters. The maximum Gasteiger partial charge on any atom is 0.246 e. The van der Waals surface area contributed by atoms with Crippen molar-refractivity contribution in [1.82, 2.24) is 42.1 Å². The van der Waals surface area contributed by atoms with Gasteiger partial charge in [-0.1, -0.05) is 105 Å². The molecule has 0 saturated carbocycles. The molecule has 2 aliphatic rings. The molecule has 2 saturated heterocycles. The third kappa shape index (κ3) is 13.0. The van der Waals surface area contributed by atoms with Crippen molar-refractivity contribution in [3.63, 3.8) is 0 Å². The van der Waals surface area contributed by atoms with Crippen LogP contribution in [0.3, 0.4) is 0 Å². The Morgan fingerprint density at radius 3 is 1.51 bits per heavy atom. The number of hydrogen-bond donors (Lipinski definition) is 7. The summed E-state index contributed by atoms with van der Waals surface area (Å²) >= 11 is 0. The maximum absolute atomic E-state index is 14.3. The first-order valence-electron chi connectivity index (χ1n) is 20.7. The normalized spacial score (nSPS) is 25.5. The van der Waals surface area contributed by atoms with Crippen LogP contribution in [0.15, 0.2) is 91.0 Å². The first-order valence-corrected chi connectivity index (χ1v) is 20.7. The third-order valence-corrected chi connectivity index (χ3v) is 10.8. The number of carbonyl (C=O) groups excluding carboxylic acids is 8. The second kappa shape index (κ2) is 21.6. The summed E-state index contributed by atoms with van der Waals surface area (Å²) in [7, 11) is 0. The standard InChI is InChI=1S/C45H56N8O8/c1-27(2)38-44(60)51-34(24-31-17-10-6-11-18-31)42(58)50-33(23-30-15-8-5-9-16-30)41(57)48-29(4)40(56)47-28(3)39(55)46-26-37(54)49-35(25-32-19-12-7-13-20-32)45(61)53-22-14-21-36(53)43(59)52-38/h5-13,15-20,27-29,33-36,38H,14,21-26H2,1-4H3,(H,46,55)(H,47,56)(H,48,57)(H,49,54)(H,50,58)(H,51,60)(H,52,59)/t28-,29-,33-,34-,35-,36-,38-/m0/s1. The molecule has 5 rings (SSSR count). The molecule has 2 heterocycles. The van der Waals surface area contributed by atoms with Crippen LogP contribution in [0.25, 0.3) is 0 Å². The van der Waals surface area contributed by atoms with Crippen molar-refractivity contribution in [2.24, 2.45) is 5.92 Å². The highest BCUT2D eigenvalue weighted by Gasteiger charge is 2.40. The van der Waals surface area contributed by atoms with Gasteiger partial charge in [0.05, 0.1) is 6.54 Å². The van der Waals surface area contributed by atoms with E-state index in [2.05, 4.69) is 37.2 Å². The van der Waals surface area contributed by atoms with E-state index in [4.69, 9.17) is 0 Å². The molecule has 0 aromatic heterocycles. The van der Waals surface area contributed by atoms with Crippen LogP contribution in [0.4, 0.5) is 0 Å². The van der Waals surface area contributed by atoms with Crippen LogP contribution in [0.5, 0.6) is 0 Å². The summed E-state index contributed by atoms with van der Waals surface area (Å²) in [6, 6.07) is 19.0. The highest BCUT2D eigenvalue weighted by molar-refractivity contribution is 5.98. The van der Waals surface area contributed by atoms with E-state index < -0.39 is 102 Å². The van der Waals surface area contributed by atoms with Gasteiger partial charge in [0, 0.05) is 25.8 Å². The van der Waals surface area contributed by atoms with E-state index in [0.717, 1.165) is 5.56 Å². The van der Waals surface area contributed by atoms with Crippen LogP contribution in [0.1, 0.15) is 57.2 Å². The summed E-state index contributed by atoms with van der Waals surface area (Å²) in [4.78, 5) is 112. The minimum absolute atomic E-state index is 0.0348. The summed E-state index contributed by atoms with van der Waals surface area (Å²) in [5.41, 5.74) is 2.17. The lowest BCUT2D eigenvalue weighted by Gasteiger charge is -2.31. The van der Waals surface area contributed by atoms with Gasteiger partial charge in [0.15, 0.2) is 0 Å². The Bertz CT molecular complexity index is 2030. The zero-order chi connectivity index (χ0) is 44.1. The first kappa shape index (κ1) is 45.5. The lowest BCUT2D eigenvalue weighted by atomic mass is 9.99. The predicted molar refractivity (Wildman–Crippen MR) is 226 cm³/mol. The molecule has 0 aliphatic carbocycles. The Balaban J connectivity index is 1.48. The zero-order valence-electron chi connectivity index (χ0n) is 34.9. The molecule has 3 aromatic rings. The molecule has 61 heavy (non-hydrogen) atoms. The Hall–Kier alpha value is -6.58. The molecule has 0 unspecified atom stereocenters. The fourth-order valence-corrected chi connectivity index (χ4v) is 7.34. The van der Waals surface area contributed by atoms with Crippen LogP contribution in [-0.4, -0.2) is 108 Å². The number of rotatable bonds is 7. The molecular weight excluding hydrogens is 781 g/mol. The molecule has 2 fully saturated rings. The van der Waals surface area contributed by atoms with Crippen molar-refractivity contribution >= 4 is 47.3 Å². The lowest BCUT2D eigenvalue weighted by Crippen LogP contribution is -2.61. The molecule has 16 heteroatoms. The number of nitrogens with zero attached hydrogens (tertiary/aromatic N) is 1. The van der Waals surface area contributed by atoms with Crippen LogP contribution in [0, 0.1) is 5.92 Å². The minimum atomic E-state index is -1.21. The first-order chi connectivity index (χ1) is 29.2. The minimum Gasteiger partial charge on any atom is -0.345 e. The van der Waals surface area contributed by atoms with E-state index >= 15 is 0 Å². The molecule has 16 nitrogen and oxygen atoms in total. The van der Waals surface area contributed by atoms with E-state index in [1.165, 1.54) is 18.7 Å². The number of carbonyl (C=O) groups is 8. The molecule has 8 amide bonds. The Kier molecular flexibility index (Phi) is 16.1. The highest BCUT2D eigenvalue weighted by Crippen LogP contribution is 2.21. The van der Waals surface area contributed by atoms with Gasteiger partial charge in [0.25, 0.3) is 0 Å². The van der Waals surface area contributed by atoms with Crippen molar-refractivity contribution in [1.29, 1.82) is 0 Å². The smallest absolute Gasteiger partial charge is 0.246 e. The van der Waals surface area contributed by atoms with Crippen molar-refractivity contribution in [2.45, 2.75) is 102 Å². The maximum atomic E-state index is 14.3. The fourth-order valence-electron chi connectivity index (χ4n) is 7.34. The molecule has 324 valence electrons. The van der Waals surface area contributed by atoms with Gasteiger partial charge in [-0.3, -0.25) is 38.4 Å². The number of nitrogens with one attached hydrogen (secondary N) is 7. The largest absolute Gasteiger partial charge is 0.345 e. The lowest BCUT2D eigenvalue weighted by molar-refractivity contribution is -0.142. The van der Waals surface area contributed by atoms with Crippen molar-refractivity contribution < 1.29 is 38.4 Å². The van der Waals surface area contributed by atoms with E-state index in [1.807, 2.05) is 12.1 Å². The van der Waals surface area contributed by atoms with E-state index in [-0.39, 0.29) is 25.8 Å². The SMILES string of the molecule is CC(C)[C@@H]1NC(=O)[C@@H]2CCCN2C(=O)[C@H](Cc2ccccc2)NC(=O)CNC(=O)[C@H](C)NC(=O)[C@H](C)NC(=O)[C@H](Cc2ccccc2)NC(=O)[C@H](Cc2ccccc2)NC1=O. The summed E-state index contributed by atoms with van der Waals surface area (Å²) in [5.74, 6) is -5.64. The summed E-state index contributed by atoms with van der Waals surface area (Å²) < 4.78 is 0. The molecule has 0 bridgehead atoms. The Morgan fingerprint density at radius 1 is 0.525 bits per heavy atom. The van der Waals surface area contributed by atoms with Crippen LogP contribution >= 0.6 is 0 Å². The van der Waals surface area contributed by atoms with Crippen molar-refractivity contribution in [2.75, 3.05) is 13.1 Å². The Labute approximate surface area is 355 Å². The van der Waals surface area contributed by atoms with Gasteiger partial charge < -0.3 is 42.1 Å². The number of hydrogen-bond acceptors (Lipinski definition) is 8. The molecule has 0 spiro atoms. The average molecular weight is 837 g/mol. The van der Waals surface area contributed by atoms with Gasteiger partial charge >= 0.3 is 0 Å². The van der Waals surface area contributed by atoms with E-state index in [1.54, 1.807) is 92.7 Å². The monoisotopic (exact) mass is 836 g/mol. The van der Waals surface area contributed by atoms with Gasteiger partial charge in [0.1, 0.15) is 42.3 Å². The zero-order valence-corrected chi connectivity index (χ0v) is 34.9. The third-order valence-electron chi connectivity index (χ3n) is 10.8. The quantitative estimate of drug-likeness (QED) is 0.177. The van der Waals surface area contributed by atoms with Crippen LogP contribution < -0.4 is 37.2 Å². The number of amides is 8. The molecule has 7 N–H and O–H groups in total. The molecule has 2 aliphatic heterocycles. The van der Waals surface area contributed by atoms with Gasteiger partial charge in [-0.05, 0) is 49.3 Å². The van der Waals surface area contributed by atoms with Gasteiger partial charge in [0.2, 0.25) is 47.3 Å². The number of fused-ring (bicyclic) bond motifs is 1. The Morgan fingerprint density at radius 2 is 0.984 bits per heavy atom. The van der Waals surface area contributed by atoms with Gasteiger partial charge in [-0.15, -0.1) is 0 Å². The van der Waals surface area contributed by atoms with Crippen molar-refractivity contribution in [3.05, 3.63) is 108 Å². The van der Waals surface area contributed by atoms with Crippen LogP contribution in [0.2, 0.25) is 0 Å². The average Bonchev–Trinajstić information content (AvgIpc) is 3.74. The number of benzene rings is 3. The van der Waals surface area contributed by atoms with Crippen LogP contribution in [-0.2, 0) is 57.6 Å². The fraction of sp³-hybridized carbons (Fsp3) is 0.422. The topological polar surface area (TPSA) is 224 Å². The molecule has 3 aromatic carbocycles. The molecular formula is C45H56N8O8. The van der Waals surface area contributed by atoms with E-state index in [0.29, 0.717) is 24.0 Å². The highest BCUT2D eigenvalue weighted by atomic mass is 16.2. The van der Waals surface area contributed by atoms with Gasteiger partial charge in [-0.25, -0.2) is 0 Å². The predicted octanol–water partition coefficient (Wildman–Crippen LogP) is 0.440. The second-order valence-electron chi connectivity index (χ2n) is 15.9.